The quantitative estimate of drug-likeness (QED) is 0.712. The van der Waals surface area contributed by atoms with Crippen LogP contribution in [0.5, 0.6) is 0 Å². The Bertz CT molecular complexity index is 900. The molecule has 0 heterocycles. The van der Waals surface area contributed by atoms with Crippen molar-refractivity contribution in [1.29, 1.82) is 0 Å². The molecule has 0 aliphatic heterocycles. The van der Waals surface area contributed by atoms with Gasteiger partial charge in [-0.05, 0) is 49.6 Å². The first kappa shape index (κ1) is 20.3. The number of rotatable bonds is 3. The number of alkyl carbamates (subject to hydrolysis) is 1. The van der Waals surface area contributed by atoms with Crippen molar-refractivity contribution in [3.63, 3.8) is 0 Å². The van der Waals surface area contributed by atoms with E-state index in [0.717, 1.165) is 22.4 Å². The Morgan fingerprint density at radius 2 is 1.82 bits per heavy atom. The molecule has 1 N–H and O–H groups in total. The number of halogens is 1. The van der Waals surface area contributed by atoms with E-state index in [-0.39, 0.29) is 12.0 Å². The monoisotopic (exact) mass is 398 g/mol. The minimum Gasteiger partial charge on any atom is -0.444 e. The Labute approximate surface area is 172 Å². The van der Waals surface area contributed by atoms with E-state index < -0.39 is 11.7 Å². The summed E-state index contributed by atoms with van der Waals surface area (Å²) in [6.07, 6.45) is 3.75. The number of hydrogen-bond acceptors (Lipinski definition) is 3. The lowest BCUT2D eigenvalue weighted by atomic mass is 9.80. The molecule has 0 fully saturated rings. The number of carbonyl (C=O) groups is 1. The predicted octanol–water partition coefficient (Wildman–Crippen LogP) is 5.78. The zero-order chi connectivity index (χ0) is 20.5. The van der Waals surface area contributed by atoms with Gasteiger partial charge < -0.3 is 15.0 Å². The highest BCUT2D eigenvalue weighted by molar-refractivity contribution is 6.31. The van der Waals surface area contributed by atoms with E-state index in [1.54, 1.807) is 0 Å². The molecule has 0 spiro atoms. The molecule has 1 aliphatic rings. The number of ether oxygens (including phenoxy) is 1. The summed E-state index contributed by atoms with van der Waals surface area (Å²) in [5.74, 6) is -0.0915. The number of amides is 1. The molecule has 2 aromatic carbocycles. The zero-order valence-corrected chi connectivity index (χ0v) is 17.7. The third-order valence-electron chi connectivity index (χ3n) is 4.71. The molecular weight excluding hydrogens is 372 g/mol. The van der Waals surface area contributed by atoms with E-state index in [1.807, 2.05) is 82.2 Å². The van der Waals surface area contributed by atoms with Crippen LogP contribution in [0.25, 0.3) is 6.08 Å². The number of benzene rings is 2. The van der Waals surface area contributed by atoms with Gasteiger partial charge in [-0.25, -0.2) is 4.79 Å². The molecule has 0 saturated carbocycles. The maximum atomic E-state index is 12.5. The fourth-order valence-electron chi connectivity index (χ4n) is 3.41. The number of hydrogen-bond donors (Lipinski definition) is 1. The standard InChI is InChI=1S/C23H27ClN2O2/c1-23(2,3)28-22(27)25-21-17-9-7-6-8-15(17)10-12-19(21)18-13-11-16(26(4)5)14-20(18)24/h6-14,19,21H,1-5H3,(H,25,27)/t19-,21+/m1/s1. The van der Waals surface area contributed by atoms with Crippen molar-refractivity contribution in [3.05, 3.63) is 70.3 Å². The van der Waals surface area contributed by atoms with Gasteiger partial charge in [-0.3, -0.25) is 0 Å². The summed E-state index contributed by atoms with van der Waals surface area (Å²) in [5, 5.41) is 3.74. The highest BCUT2D eigenvalue weighted by atomic mass is 35.5. The van der Waals surface area contributed by atoms with E-state index in [0.29, 0.717) is 5.02 Å². The van der Waals surface area contributed by atoms with Gasteiger partial charge in [-0.15, -0.1) is 0 Å². The van der Waals surface area contributed by atoms with Crippen LogP contribution in [0, 0.1) is 0 Å². The second-order valence-corrected chi connectivity index (χ2v) is 8.65. The van der Waals surface area contributed by atoms with Gasteiger partial charge in [0.25, 0.3) is 0 Å². The van der Waals surface area contributed by atoms with Crippen molar-refractivity contribution in [3.8, 4) is 0 Å². The fourth-order valence-corrected chi connectivity index (χ4v) is 3.71. The van der Waals surface area contributed by atoms with Crippen molar-refractivity contribution in [2.75, 3.05) is 19.0 Å². The largest absolute Gasteiger partial charge is 0.444 e. The highest BCUT2D eigenvalue weighted by Crippen LogP contribution is 2.42. The maximum Gasteiger partial charge on any atom is 0.408 e. The van der Waals surface area contributed by atoms with Crippen LogP contribution in [-0.4, -0.2) is 25.8 Å². The highest BCUT2D eigenvalue weighted by Gasteiger charge is 2.31. The molecule has 148 valence electrons. The number of carbonyl (C=O) groups excluding carboxylic acids is 1. The minimum absolute atomic E-state index is 0.0915. The first-order chi connectivity index (χ1) is 13.2. The van der Waals surface area contributed by atoms with Gasteiger partial charge in [-0.1, -0.05) is 54.1 Å². The molecule has 0 aromatic heterocycles. The topological polar surface area (TPSA) is 41.6 Å². The first-order valence-electron chi connectivity index (χ1n) is 9.39. The van der Waals surface area contributed by atoms with Gasteiger partial charge >= 0.3 is 6.09 Å². The smallest absolute Gasteiger partial charge is 0.408 e. The second-order valence-electron chi connectivity index (χ2n) is 8.24. The Morgan fingerprint density at radius 3 is 2.46 bits per heavy atom. The number of nitrogens with zero attached hydrogens (tertiary/aromatic N) is 1. The Morgan fingerprint density at radius 1 is 1.11 bits per heavy atom. The van der Waals surface area contributed by atoms with Gasteiger partial charge in [-0.2, -0.15) is 0 Å². The van der Waals surface area contributed by atoms with Crippen LogP contribution < -0.4 is 10.2 Å². The van der Waals surface area contributed by atoms with Crippen LogP contribution in [0.4, 0.5) is 10.5 Å². The zero-order valence-electron chi connectivity index (χ0n) is 17.0. The first-order valence-corrected chi connectivity index (χ1v) is 9.77. The fraction of sp³-hybridized carbons (Fsp3) is 0.348. The number of anilines is 1. The summed E-state index contributed by atoms with van der Waals surface area (Å²) in [6.45, 7) is 5.57. The molecule has 28 heavy (non-hydrogen) atoms. The average molecular weight is 399 g/mol. The van der Waals surface area contributed by atoms with E-state index >= 15 is 0 Å². The van der Waals surface area contributed by atoms with Crippen LogP contribution in [0.1, 0.15) is 49.4 Å². The minimum atomic E-state index is -0.561. The Kier molecular flexibility index (Phi) is 5.71. The lowest BCUT2D eigenvalue weighted by Gasteiger charge is -2.32. The second kappa shape index (κ2) is 7.88. The summed E-state index contributed by atoms with van der Waals surface area (Å²) in [6, 6.07) is 13.8. The summed E-state index contributed by atoms with van der Waals surface area (Å²) in [5.41, 5.74) is 3.58. The van der Waals surface area contributed by atoms with Gasteiger partial charge in [0.15, 0.2) is 0 Å². The van der Waals surface area contributed by atoms with Gasteiger partial charge in [0.05, 0.1) is 6.04 Å². The van der Waals surface area contributed by atoms with E-state index in [9.17, 15) is 4.79 Å². The molecule has 0 bridgehead atoms. The van der Waals surface area contributed by atoms with E-state index in [1.165, 1.54) is 0 Å². The van der Waals surface area contributed by atoms with Crippen molar-refractivity contribution in [2.24, 2.45) is 0 Å². The summed E-state index contributed by atoms with van der Waals surface area (Å²) in [4.78, 5) is 14.6. The molecule has 4 nitrogen and oxygen atoms in total. The van der Waals surface area contributed by atoms with E-state index in [2.05, 4.69) is 17.5 Å². The maximum absolute atomic E-state index is 12.5. The normalized spacial score (nSPS) is 18.4. The van der Waals surface area contributed by atoms with Crippen LogP contribution >= 0.6 is 11.6 Å². The molecular formula is C23H27ClN2O2. The molecule has 2 atom stereocenters. The Balaban J connectivity index is 1.98. The van der Waals surface area contributed by atoms with Crippen LogP contribution in [0.15, 0.2) is 48.5 Å². The summed E-state index contributed by atoms with van der Waals surface area (Å²) >= 11 is 6.64. The Hall–Kier alpha value is -2.46. The molecule has 3 rings (SSSR count). The van der Waals surface area contributed by atoms with Gasteiger partial charge in [0.2, 0.25) is 0 Å². The molecule has 2 aromatic rings. The average Bonchev–Trinajstić information content (AvgIpc) is 2.60. The van der Waals surface area contributed by atoms with Crippen LogP contribution in [0.2, 0.25) is 5.02 Å². The van der Waals surface area contributed by atoms with Crippen LogP contribution in [-0.2, 0) is 4.74 Å². The lowest BCUT2D eigenvalue weighted by molar-refractivity contribution is 0.0499. The summed E-state index contributed by atoms with van der Waals surface area (Å²) in [7, 11) is 3.96. The molecule has 5 heteroatoms. The van der Waals surface area contributed by atoms with E-state index in [4.69, 9.17) is 16.3 Å². The molecule has 0 saturated heterocycles. The van der Waals surface area contributed by atoms with Crippen molar-refractivity contribution >= 4 is 29.5 Å². The van der Waals surface area contributed by atoms with Crippen LogP contribution in [0.3, 0.4) is 0 Å². The van der Waals surface area contributed by atoms with Crippen molar-refractivity contribution < 1.29 is 9.53 Å². The predicted molar refractivity (Wildman–Crippen MR) is 116 cm³/mol. The molecule has 0 unspecified atom stereocenters. The molecule has 0 radical (unpaired) electrons. The lowest BCUT2D eigenvalue weighted by Crippen LogP contribution is -2.38. The third kappa shape index (κ3) is 4.50. The van der Waals surface area contributed by atoms with Gasteiger partial charge in [0, 0.05) is 30.7 Å². The summed E-state index contributed by atoms with van der Waals surface area (Å²) < 4.78 is 5.51. The SMILES string of the molecule is CN(C)c1ccc([C@H]2C=Cc3ccccc3[C@@H]2NC(=O)OC(C)(C)C)c(Cl)c1. The number of fused-ring (bicyclic) bond motifs is 1. The van der Waals surface area contributed by atoms with Crippen molar-refractivity contribution in [1.82, 2.24) is 5.32 Å². The molecule has 1 aliphatic carbocycles. The third-order valence-corrected chi connectivity index (χ3v) is 5.03. The number of nitrogens with one attached hydrogen (secondary N) is 1. The molecule has 1 amide bonds. The van der Waals surface area contributed by atoms with Crippen molar-refractivity contribution in [2.45, 2.75) is 38.3 Å². The van der Waals surface area contributed by atoms with Gasteiger partial charge in [0.1, 0.15) is 5.60 Å².